The van der Waals surface area contributed by atoms with E-state index in [0.29, 0.717) is 29.4 Å². The zero-order valence-corrected chi connectivity index (χ0v) is 25.8. The van der Waals surface area contributed by atoms with Gasteiger partial charge in [-0.05, 0) is 63.4 Å². The van der Waals surface area contributed by atoms with Gasteiger partial charge in [-0.1, -0.05) is 31.9 Å². The van der Waals surface area contributed by atoms with Crippen LogP contribution in [-0.2, 0) is 19.1 Å². The number of pyridine rings is 1. The van der Waals surface area contributed by atoms with E-state index < -0.39 is 53.7 Å². The molecule has 0 radical (unpaired) electrons. The lowest BCUT2D eigenvalue weighted by molar-refractivity contribution is -0.180. The highest BCUT2D eigenvalue weighted by Gasteiger charge is 2.70. The average molecular weight is 624 g/mol. The smallest absolute Gasteiger partial charge is 0.370 e. The van der Waals surface area contributed by atoms with Gasteiger partial charge in [0.05, 0.1) is 17.8 Å². The van der Waals surface area contributed by atoms with Crippen molar-refractivity contribution in [2.24, 2.45) is 17.3 Å². The van der Waals surface area contributed by atoms with Gasteiger partial charge in [0, 0.05) is 40.8 Å². The summed E-state index contributed by atoms with van der Waals surface area (Å²) in [6.07, 6.45) is -0.991. The molecule has 1 aromatic heterocycles. The van der Waals surface area contributed by atoms with Crippen LogP contribution >= 0.6 is 0 Å². The third-order valence-corrected chi connectivity index (χ3v) is 9.72. The van der Waals surface area contributed by atoms with E-state index in [1.807, 2.05) is 38.2 Å². The van der Waals surface area contributed by atoms with Crippen molar-refractivity contribution >= 4 is 28.5 Å². The van der Waals surface area contributed by atoms with Crippen molar-refractivity contribution in [3.05, 3.63) is 41.7 Å². The number of piperidine rings is 1. The lowest BCUT2D eigenvalue weighted by Crippen LogP contribution is -2.61. The predicted molar refractivity (Wildman–Crippen MR) is 158 cm³/mol. The Kier molecular flexibility index (Phi) is 8.34. The van der Waals surface area contributed by atoms with Crippen LogP contribution in [0.3, 0.4) is 0 Å². The topological polar surface area (TPSA) is 124 Å². The number of benzene rings is 1. The predicted octanol–water partition coefficient (Wildman–Crippen LogP) is 4.16. The van der Waals surface area contributed by atoms with Crippen LogP contribution in [0.15, 0.2) is 30.6 Å². The average Bonchev–Trinajstić information content (AvgIpc) is 3.28. The van der Waals surface area contributed by atoms with E-state index >= 15 is 0 Å². The molecule has 9 nitrogen and oxygen atoms in total. The number of amides is 3. The molecule has 12 heteroatoms. The summed E-state index contributed by atoms with van der Waals surface area (Å²) in [6.45, 7) is 8.98. The van der Waals surface area contributed by atoms with Gasteiger partial charge in [-0.3, -0.25) is 19.4 Å². The quantitative estimate of drug-likeness (QED) is 0.426. The van der Waals surface area contributed by atoms with Crippen molar-refractivity contribution in [2.75, 3.05) is 6.54 Å². The molecule has 1 aromatic carbocycles. The lowest BCUT2D eigenvalue weighted by atomic mass is 9.81. The molecule has 2 heterocycles. The van der Waals surface area contributed by atoms with Crippen LogP contribution in [0.25, 0.3) is 10.8 Å². The Morgan fingerprint density at radius 3 is 2.47 bits per heavy atom. The highest BCUT2D eigenvalue weighted by atomic mass is 19.4. The third-order valence-electron chi connectivity index (χ3n) is 9.72. The molecule has 3 aliphatic rings. The van der Waals surface area contributed by atoms with Crippen LogP contribution in [0, 0.1) is 40.4 Å². The van der Waals surface area contributed by atoms with Gasteiger partial charge in [-0.2, -0.15) is 18.4 Å². The largest absolute Gasteiger partial charge is 0.471 e. The van der Waals surface area contributed by atoms with E-state index in [1.54, 1.807) is 19.2 Å². The Morgan fingerprint density at radius 2 is 1.87 bits per heavy atom. The molecule has 2 N–H and O–H groups in total. The maximum atomic E-state index is 14.0. The van der Waals surface area contributed by atoms with Gasteiger partial charge in [0.15, 0.2) is 0 Å². The second-order valence-electron chi connectivity index (χ2n) is 13.0. The van der Waals surface area contributed by atoms with Crippen molar-refractivity contribution in [1.29, 1.82) is 5.26 Å². The first kappa shape index (κ1) is 32.2. The van der Waals surface area contributed by atoms with Gasteiger partial charge in [0.25, 0.3) is 0 Å². The molecule has 1 aliphatic heterocycles. The van der Waals surface area contributed by atoms with E-state index in [1.165, 1.54) is 18.0 Å². The first-order chi connectivity index (χ1) is 21.1. The van der Waals surface area contributed by atoms with Crippen molar-refractivity contribution in [1.82, 2.24) is 20.5 Å². The second kappa shape index (κ2) is 11.6. The molecule has 2 aliphatic carbocycles. The number of nitrogens with one attached hydrogen (secondary N) is 2. The number of carbonyl (C=O) groups is 3. The molecular formula is C33H36F3N5O4. The fourth-order valence-corrected chi connectivity index (χ4v) is 7.03. The number of likely N-dealkylation sites (tertiary alicyclic amines) is 1. The lowest BCUT2D eigenvalue weighted by Gasteiger charge is -2.43. The van der Waals surface area contributed by atoms with Crippen molar-refractivity contribution in [3.8, 4) is 17.9 Å². The third kappa shape index (κ3) is 5.96. The first-order valence-electron chi connectivity index (χ1n) is 15.0. The summed E-state index contributed by atoms with van der Waals surface area (Å²) in [5.74, 6) is 1.75. The molecule has 1 saturated heterocycles. The second-order valence-corrected chi connectivity index (χ2v) is 13.0. The number of nitriles is 1. The Morgan fingerprint density at radius 1 is 1.16 bits per heavy atom. The number of ether oxygens (including phenoxy) is 1. The number of carbonyl (C=O) groups excluding carboxylic acids is 3. The molecule has 6 atom stereocenters. The van der Waals surface area contributed by atoms with E-state index in [9.17, 15) is 32.8 Å². The van der Waals surface area contributed by atoms with Crippen LogP contribution < -0.4 is 10.6 Å². The number of rotatable bonds is 8. The summed E-state index contributed by atoms with van der Waals surface area (Å²) in [6, 6.07) is 3.64. The van der Waals surface area contributed by atoms with Gasteiger partial charge >= 0.3 is 12.1 Å². The Labute approximate surface area is 259 Å². The van der Waals surface area contributed by atoms with Crippen LogP contribution in [-0.4, -0.2) is 64.1 Å². The summed E-state index contributed by atoms with van der Waals surface area (Å²) in [4.78, 5) is 45.6. The highest BCUT2D eigenvalue weighted by molar-refractivity contribution is 5.96. The van der Waals surface area contributed by atoms with Gasteiger partial charge in [0.1, 0.15) is 18.1 Å². The van der Waals surface area contributed by atoms with Crippen molar-refractivity contribution < 1.29 is 32.3 Å². The van der Waals surface area contributed by atoms with Crippen LogP contribution in [0.2, 0.25) is 0 Å². The number of fused-ring (bicyclic) bond motifs is 2. The van der Waals surface area contributed by atoms with Gasteiger partial charge in [0.2, 0.25) is 11.8 Å². The first-order valence-corrected chi connectivity index (χ1v) is 15.0. The van der Waals surface area contributed by atoms with Crippen LogP contribution in [0.5, 0.6) is 0 Å². The number of alkyl halides is 3. The monoisotopic (exact) mass is 623 g/mol. The number of aromatic nitrogens is 1. The maximum Gasteiger partial charge on any atom is 0.471 e. The summed E-state index contributed by atoms with van der Waals surface area (Å²) < 4.78 is 46.1. The SMILES string of the molecule is CC#Cc1cccc2cncc(C(C#N)NC(=O)[C@@H]3[C@@H]4[C@H](CN3C(=O)[C@@H](NC(=O)C(F)(F)F)[C@@H](C)OC3(C)CCC3)C4(C)C)c12. The summed E-state index contributed by atoms with van der Waals surface area (Å²) in [5.41, 5.74) is 0.133. The molecular weight excluding hydrogens is 587 g/mol. The zero-order valence-electron chi connectivity index (χ0n) is 25.8. The van der Waals surface area contributed by atoms with Crippen LogP contribution in [0.4, 0.5) is 13.2 Å². The summed E-state index contributed by atoms with van der Waals surface area (Å²) >= 11 is 0. The maximum absolute atomic E-state index is 14.0. The Bertz CT molecular complexity index is 1630. The Balaban J connectivity index is 1.45. The molecule has 5 rings (SSSR count). The normalized spacial score (nSPS) is 24.5. The minimum atomic E-state index is -5.22. The van der Waals surface area contributed by atoms with E-state index in [-0.39, 0.29) is 23.8 Å². The molecule has 2 aromatic rings. The molecule has 0 bridgehead atoms. The summed E-state index contributed by atoms with van der Waals surface area (Å²) in [7, 11) is 0. The van der Waals surface area contributed by atoms with Crippen LogP contribution in [0.1, 0.15) is 71.0 Å². The van der Waals surface area contributed by atoms with Gasteiger partial charge < -0.3 is 20.3 Å². The highest BCUT2D eigenvalue weighted by Crippen LogP contribution is 2.65. The summed E-state index contributed by atoms with van der Waals surface area (Å²) in [5, 5.41) is 16.2. The minimum Gasteiger partial charge on any atom is -0.370 e. The molecule has 0 spiro atoms. The molecule has 45 heavy (non-hydrogen) atoms. The Hall–Kier alpha value is -4.16. The van der Waals surface area contributed by atoms with E-state index in [2.05, 4.69) is 28.2 Å². The van der Waals surface area contributed by atoms with E-state index in [0.717, 1.165) is 11.8 Å². The molecule has 238 valence electrons. The van der Waals surface area contributed by atoms with Gasteiger partial charge in [-0.25, -0.2) is 0 Å². The van der Waals surface area contributed by atoms with Gasteiger partial charge in [-0.15, -0.1) is 5.92 Å². The number of hydrogen-bond acceptors (Lipinski definition) is 6. The number of halogens is 3. The number of nitrogens with zero attached hydrogens (tertiary/aromatic N) is 3. The van der Waals surface area contributed by atoms with Crippen molar-refractivity contribution in [3.63, 3.8) is 0 Å². The fourth-order valence-electron chi connectivity index (χ4n) is 7.03. The zero-order chi connectivity index (χ0) is 32.9. The molecule has 3 fully saturated rings. The van der Waals surface area contributed by atoms with E-state index in [4.69, 9.17) is 4.74 Å². The van der Waals surface area contributed by atoms with Crippen molar-refractivity contribution in [2.45, 2.75) is 89.9 Å². The minimum absolute atomic E-state index is 0.0947. The standard InChI is InChI=1S/C33H36F3N5O4/c1-6-9-19-10-7-11-20-15-38-16-21(24(19)20)23(14-37)39-28(42)27-25-22(31(25,3)4)17-41(27)29(43)26(40-30(44)33(34,35)36)18(2)45-32(5)12-8-13-32/h7,10-11,15-16,18,22-23,25-27H,8,12-13,17H2,1-5H3,(H,39,42)(H,40,44)/t18-,22+,23?,25+,26+,27+/m1/s1. The molecule has 1 unspecified atom stereocenters. The number of hydrogen-bond donors (Lipinski definition) is 2. The molecule has 3 amide bonds. The molecule has 2 saturated carbocycles. The fraction of sp³-hybridized carbons (Fsp3) is 0.545.